The Labute approximate surface area is 176 Å². The molecule has 2 aliphatic heterocycles. The molecule has 1 amide bonds. The summed E-state index contributed by atoms with van der Waals surface area (Å²) >= 11 is 0. The fraction of sp³-hybridized carbons (Fsp3) is 0.591. The highest BCUT2D eigenvalue weighted by molar-refractivity contribution is 6.02. The number of fused-ring (bicyclic) bond motifs is 1. The Morgan fingerprint density at radius 1 is 1.30 bits per heavy atom. The number of carbonyl (C=O) groups is 3. The number of ketones is 1. The number of nitrogens with zero attached hydrogens (tertiary/aromatic N) is 2. The molecule has 0 radical (unpaired) electrons. The van der Waals surface area contributed by atoms with Crippen LogP contribution in [0.15, 0.2) is 12.1 Å². The van der Waals surface area contributed by atoms with Gasteiger partial charge < -0.3 is 19.5 Å². The van der Waals surface area contributed by atoms with Crippen LogP contribution in [0.4, 0.5) is 4.79 Å². The molecular formula is C22H30N2O6. The number of cyclic esters (lactones) is 1. The van der Waals surface area contributed by atoms with Crippen LogP contribution in [0.3, 0.4) is 0 Å². The second kappa shape index (κ2) is 10.0. The van der Waals surface area contributed by atoms with Crippen molar-refractivity contribution in [3.8, 4) is 0 Å². The Balaban J connectivity index is 1.65. The first kappa shape index (κ1) is 22.2. The van der Waals surface area contributed by atoms with E-state index in [1.807, 2.05) is 18.7 Å². The molecule has 30 heavy (non-hydrogen) atoms. The Bertz CT molecular complexity index is 809. The highest BCUT2D eigenvalue weighted by Gasteiger charge is 2.32. The summed E-state index contributed by atoms with van der Waals surface area (Å²) in [6.07, 6.45) is 1.92. The van der Waals surface area contributed by atoms with Crippen LogP contribution in [0.2, 0.25) is 0 Å². The lowest BCUT2D eigenvalue weighted by Gasteiger charge is -2.40. The number of amides is 1. The molecule has 0 aliphatic carbocycles. The minimum Gasteiger partial charge on any atom is -0.457 e. The molecule has 1 fully saturated rings. The first-order valence-corrected chi connectivity index (χ1v) is 10.6. The molecule has 0 saturated carbocycles. The van der Waals surface area contributed by atoms with E-state index in [0.717, 1.165) is 24.0 Å². The number of unbranched alkanes of at least 4 members (excludes halogenated alkanes) is 1. The zero-order valence-electron chi connectivity index (χ0n) is 17.7. The number of benzene rings is 1. The molecular weight excluding hydrogens is 388 g/mol. The lowest BCUT2D eigenvalue weighted by Crippen LogP contribution is -2.56. The van der Waals surface area contributed by atoms with Crippen LogP contribution < -0.4 is 0 Å². The van der Waals surface area contributed by atoms with Gasteiger partial charge in [-0.2, -0.15) is 0 Å². The highest BCUT2D eigenvalue weighted by Crippen LogP contribution is 2.26. The Hall–Kier alpha value is -2.45. The van der Waals surface area contributed by atoms with Crippen molar-refractivity contribution in [3.05, 3.63) is 34.4 Å². The van der Waals surface area contributed by atoms with E-state index in [2.05, 4.69) is 0 Å². The predicted octanol–water partition coefficient (Wildman–Crippen LogP) is 2.15. The monoisotopic (exact) mass is 418 g/mol. The van der Waals surface area contributed by atoms with Gasteiger partial charge in [-0.05, 0) is 31.4 Å². The van der Waals surface area contributed by atoms with Gasteiger partial charge in [0.15, 0.2) is 5.78 Å². The number of aliphatic hydroxyl groups excluding tert-OH is 1. The van der Waals surface area contributed by atoms with Crippen LogP contribution in [-0.2, 0) is 16.1 Å². The van der Waals surface area contributed by atoms with Crippen LogP contribution >= 0.6 is 0 Å². The van der Waals surface area contributed by atoms with Crippen molar-refractivity contribution >= 4 is 17.8 Å². The smallest absolute Gasteiger partial charge is 0.409 e. The number of hydrogen-bond donors (Lipinski definition) is 1. The Morgan fingerprint density at radius 3 is 2.83 bits per heavy atom. The van der Waals surface area contributed by atoms with Gasteiger partial charge in [-0.3, -0.25) is 9.69 Å². The summed E-state index contributed by atoms with van der Waals surface area (Å²) in [5.41, 5.74) is 2.66. The van der Waals surface area contributed by atoms with Crippen LogP contribution in [0.25, 0.3) is 0 Å². The zero-order chi connectivity index (χ0) is 21.7. The van der Waals surface area contributed by atoms with E-state index in [4.69, 9.17) is 9.47 Å². The Morgan fingerprint density at radius 2 is 2.10 bits per heavy atom. The normalized spacial score (nSPS) is 18.8. The number of piperazine rings is 1. The van der Waals surface area contributed by atoms with Gasteiger partial charge in [-0.15, -0.1) is 0 Å². The molecule has 3 rings (SSSR count). The van der Waals surface area contributed by atoms with E-state index in [9.17, 15) is 19.5 Å². The van der Waals surface area contributed by atoms with Crippen molar-refractivity contribution in [1.29, 1.82) is 0 Å². The maximum Gasteiger partial charge on any atom is 0.409 e. The van der Waals surface area contributed by atoms with Crippen LogP contribution in [-0.4, -0.2) is 78.2 Å². The van der Waals surface area contributed by atoms with Gasteiger partial charge in [0.25, 0.3) is 0 Å². The summed E-state index contributed by atoms with van der Waals surface area (Å²) < 4.78 is 10.4. The van der Waals surface area contributed by atoms with Gasteiger partial charge >= 0.3 is 12.1 Å². The van der Waals surface area contributed by atoms with E-state index in [0.29, 0.717) is 43.8 Å². The zero-order valence-corrected chi connectivity index (χ0v) is 17.7. The number of esters is 1. The molecule has 0 aromatic heterocycles. The Kier molecular flexibility index (Phi) is 7.44. The topological polar surface area (TPSA) is 96.4 Å². The van der Waals surface area contributed by atoms with E-state index in [1.54, 1.807) is 17.0 Å². The lowest BCUT2D eigenvalue weighted by molar-refractivity contribution is 0.0405. The SMILES string of the molecule is CCCCOC(=O)N1CCN(CC(=O)c2ccc3c(c2C)COC3=O)C(CCO)C1. The van der Waals surface area contributed by atoms with Crippen molar-refractivity contribution in [1.82, 2.24) is 9.80 Å². The number of hydrogen-bond acceptors (Lipinski definition) is 7. The third kappa shape index (κ3) is 4.82. The average molecular weight is 418 g/mol. The summed E-state index contributed by atoms with van der Waals surface area (Å²) in [4.78, 5) is 40.7. The van der Waals surface area contributed by atoms with Gasteiger partial charge in [-0.1, -0.05) is 19.4 Å². The van der Waals surface area contributed by atoms with Crippen molar-refractivity contribution in [2.24, 2.45) is 0 Å². The molecule has 8 nitrogen and oxygen atoms in total. The average Bonchev–Trinajstić information content (AvgIpc) is 3.11. The molecule has 1 atom stereocenters. The molecule has 1 aromatic rings. The molecule has 1 saturated heterocycles. The van der Waals surface area contributed by atoms with Crippen molar-refractivity contribution in [3.63, 3.8) is 0 Å². The highest BCUT2D eigenvalue weighted by atomic mass is 16.6. The van der Waals surface area contributed by atoms with E-state index in [-0.39, 0.29) is 43.6 Å². The molecule has 0 bridgehead atoms. The lowest BCUT2D eigenvalue weighted by atomic mass is 9.95. The van der Waals surface area contributed by atoms with Gasteiger partial charge in [0.2, 0.25) is 0 Å². The first-order valence-electron chi connectivity index (χ1n) is 10.6. The minimum atomic E-state index is -0.350. The minimum absolute atomic E-state index is 0.0224. The van der Waals surface area contributed by atoms with Gasteiger partial charge in [-0.25, -0.2) is 9.59 Å². The van der Waals surface area contributed by atoms with Gasteiger partial charge in [0.1, 0.15) is 6.61 Å². The summed E-state index contributed by atoms with van der Waals surface area (Å²) in [6, 6.07) is 3.22. The van der Waals surface area contributed by atoms with E-state index >= 15 is 0 Å². The second-order valence-corrected chi connectivity index (χ2v) is 7.81. The quantitative estimate of drug-likeness (QED) is 0.393. The number of rotatable bonds is 8. The van der Waals surface area contributed by atoms with Crippen LogP contribution in [0.5, 0.6) is 0 Å². The van der Waals surface area contributed by atoms with Crippen LogP contribution in [0.1, 0.15) is 58.0 Å². The molecule has 1 unspecified atom stereocenters. The maximum atomic E-state index is 13.0. The summed E-state index contributed by atoms with van der Waals surface area (Å²) in [5.74, 6) is -0.395. The largest absolute Gasteiger partial charge is 0.457 e. The van der Waals surface area contributed by atoms with Crippen LogP contribution in [0, 0.1) is 6.92 Å². The molecule has 8 heteroatoms. The number of aliphatic hydroxyl groups is 1. The number of ether oxygens (including phenoxy) is 2. The molecule has 164 valence electrons. The third-order valence-electron chi connectivity index (χ3n) is 5.86. The molecule has 2 aliphatic rings. The number of carbonyl (C=O) groups excluding carboxylic acids is 3. The third-order valence-corrected chi connectivity index (χ3v) is 5.86. The molecule has 1 N–H and O–H groups in total. The standard InChI is InChI=1S/C22H30N2O6/c1-3-4-11-29-22(28)24-9-8-23(16(12-24)7-10-25)13-20(26)17-5-6-18-19(15(17)2)14-30-21(18)27/h5-6,16,25H,3-4,7-14H2,1-2H3. The molecule has 0 spiro atoms. The summed E-state index contributed by atoms with van der Waals surface area (Å²) in [7, 11) is 0. The second-order valence-electron chi connectivity index (χ2n) is 7.81. The van der Waals surface area contributed by atoms with Gasteiger partial charge in [0.05, 0.1) is 18.7 Å². The van der Waals surface area contributed by atoms with Crippen molar-refractivity contribution in [2.45, 2.75) is 45.8 Å². The van der Waals surface area contributed by atoms with Crippen molar-refractivity contribution in [2.75, 3.05) is 39.4 Å². The fourth-order valence-corrected chi connectivity index (χ4v) is 4.01. The number of Topliss-reactive ketones (excluding diaryl/α,β-unsaturated/α-hetero) is 1. The maximum absolute atomic E-state index is 13.0. The fourth-order valence-electron chi connectivity index (χ4n) is 4.01. The van der Waals surface area contributed by atoms with E-state index in [1.165, 1.54) is 0 Å². The summed E-state index contributed by atoms with van der Waals surface area (Å²) in [6.45, 7) is 6.08. The predicted molar refractivity (Wildman–Crippen MR) is 110 cm³/mol. The molecule has 1 aromatic carbocycles. The summed E-state index contributed by atoms with van der Waals surface area (Å²) in [5, 5.41) is 9.47. The van der Waals surface area contributed by atoms with E-state index < -0.39 is 0 Å². The van der Waals surface area contributed by atoms with Gasteiger partial charge in [0, 0.05) is 43.4 Å². The van der Waals surface area contributed by atoms with Crippen molar-refractivity contribution < 1.29 is 29.0 Å². The first-order chi connectivity index (χ1) is 14.5. The molecule has 2 heterocycles.